The van der Waals surface area contributed by atoms with Crippen molar-refractivity contribution in [3.05, 3.63) is 35.4 Å². The van der Waals surface area contributed by atoms with Crippen LogP contribution in [0.3, 0.4) is 0 Å². The number of rotatable bonds is 15. The standard InChI is InChI=1S/C31H49N3O4/c1-9-13-17-21-32-28(35)27(25-20-16-15-19-24(25)12-4)34(22-18-14-10-2)29(36)26(23(5)11-3)33-30(37)38-31(6,7)8/h4,15-16,19-20,23,26-27H,9-11,13-14,17-18,21-22H2,1-3,5-8H3,(H,32,35)(H,33,37). The normalized spacial score (nSPS) is 13.5. The number of nitrogens with zero attached hydrogens (tertiary/aromatic N) is 1. The van der Waals surface area contributed by atoms with Crippen molar-refractivity contribution >= 4 is 17.9 Å². The Kier molecular flexibility index (Phi) is 14.6. The zero-order valence-electron chi connectivity index (χ0n) is 24.6. The van der Waals surface area contributed by atoms with E-state index in [-0.39, 0.29) is 17.7 Å². The van der Waals surface area contributed by atoms with Gasteiger partial charge in [0.1, 0.15) is 17.7 Å². The van der Waals surface area contributed by atoms with Gasteiger partial charge in [-0.3, -0.25) is 9.59 Å². The van der Waals surface area contributed by atoms with E-state index in [0.29, 0.717) is 30.6 Å². The number of ether oxygens (including phenoxy) is 1. The van der Waals surface area contributed by atoms with E-state index < -0.39 is 23.8 Å². The fraction of sp³-hybridized carbons (Fsp3) is 0.645. The summed E-state index contributed by atoms with van der Waals surface area (Å²) in [6.45, 7) is 14.3. The molecule has 3 atom stereocenters. The summed E-state index contributed by atoms with van der Waals surface area (Å²) >= 11 is 0. The van der Waals surface area contributed by atoms with Crippen LogP contribution < -0.4 is 10.6 Å². The van der Waals surface area contributed by atoms with E-state index >= 15 is 0 Å². The third-order valence-corrected chi connectivity index (χ3v) is 6.49. The molecule has 7 nitrogen and oxygen atoms in total. The molecule has 212 valence electrons. The zero-order chi connectivity index (χ0) is 28.7. The zero-order valence-corrected chi connectivity index (χ0v) is 24.6. The number of amides is 3. The molecule has 0 fully saturated rings. The van der Waals surface area contributed by atoms with Gasteiger partial charge in [0, 0.05) is 18.7 Å². The van der Waals surface area contributed by atoms with Crippen LogP contribution in [0, 0.1) is 18.3 Å². The number of hydrogen-bond donors (Lipinski definition) is 2. The van der Waals surface area contributed by atoms with Gasteiger partial charge in [0.15, 0.2) is 0 Å². The first-order valence-electron chi connectivity index (χ1n) is 14.1. The van der Waals surface area contributed by atoms with Crippen molar-refractivity contribution in [2.75, 3.05) is 13.1 Å². The lowest BCUT2D eigenvalue weighted by molar-refractivity contribution is -0.143. The minimum Gasteiger partial charge on any atom is -0.444 e. The van der Waals surface area contributed by atoms with Gasteiger partial charge in [-0.15, -0.1) is 6.42 Å². The van der Waals surface area contributed by atoms with Gasteiger partial charge in [0.2, 0.25) is 11.8 Å². The van der Waals surface area contributed by atoms with Crippen LogP contribution in [0.15, 0.2) is 24.3 Å². The Bertz CT molecular complexity index is 932. The number of benzene rings is 1. The van der Waals surface area contributed by atoms with E-state index in [1.54, 1.807) is 31.7 Å². The third kappa shape index (κ3) is 10.8. The molecule has 7 heteroatoms. The molecule has 0 saturated heterocycles. The van der Waals surface area contributed by atoms with Crippen molar-refractivity contribution in [3.8, 4) is 12.3 Å². The van der Waals surface area contributed by atoms with Crippen LogP contribution in [0.4, 0.5) is 4.79 Å². The Labute approximate surface area is 230 Å². The van der Waals surface area contributed by atoms with Crippen LogP contribution in [0.1, 0.15) is 111 Å². The number of unbranched alkanes of at least 4 members (excludes halogenated alkanes) is 4. The summed E-state index contributed by atoms with van der Waals surface area (Å²) in [6, 6.07) is 5.47. The molecule has 1 rings (SSSR count). The number of carbonyl (C=O) groups excluding carboxylic acids is 3. The molecule has 0 bridgehead atoms. The van der Waals surface area contributed by atoms with Crippen LogP contribution in [-0.2, 0) is 14.3 Å². The maximum absolute atomic E-state index is 14.3. The number of alkyl carbamates (subject to hydrolysis) is 1. The first-order chi connectivity index (χ1) is 18.0. The predicted molar refractivity (Wildman–Crippen MR) is 154 cm³/mol. The number of terminal acetylenes is 1. The quantitative estimate of drug-likeness (QED) is 0.217. The second-order valence-corrected chi connectivity index (χ2v) is 10.9. The van der Waals surface area contributed by atoms with Crippen LogP contribution in [0.25, 0.3) is 0 Å². The molecule has 3 amide bonds. The first kappa shape index (κ1) is 33.0. The highest BCUT2D eigenvalue weighted by Crippen LogP contribution is 2.27. The summed E-state index contributed by atoms with van der Waals surface area (Å²) in [4.78, 5) is 42.3. The van der Waals surface area contributed by atoms with Gasteiger partial charge in [0.25, 0.3) is 0 Å². The molecular formula is C31H49N3O4. The van der Waals surface area contributed by atoms with Gasteiger partial charge in [-0.2, -0.15) is 0 Å². The smallest absolute Gasteiger partial charge is 0.408 e. The van der Waals surface area contributed by atoms with Crippen molar-refractivity contribution in [1.82, 2.24) is 15.5 Å². The molecule has 3 unspecified atom stereocenters. The van der Waals surface area contributed by atoms with Crippen LogP contribution in [0.2, 0.25) is 0 Å². The Balaban J connectivity index is 3.54. The van der Waals surface area contributed by atoms with E-state index in [4.69, 9.17) is 11.2 Å². The molecule has 0 aliphatic carbocycles. The van der Waals surface area contributed by atoms with Crippen molar-refractivity contribution in [3.63, 3.8) is 0 Å². The Morgan fingerprint density at radius 3 is 2.24 bits per heavy atom. The van der Waals surface area contributed by atoms with Gasteiger partial charge in [-0.05, 0) is 51.2 Å². The van der Waals surface area contributed by atoms with Crippen molar-refractivity contribution in [2.24, 2.45) is 5.92 Å². The highest BCUT2D eigenvalue weighted by atomic mass is 16.6. The van der Waals surface area contributed by atoms with Crippen LogP contribution in [0.5, 0.6) is 0 Å². The number of hydrogen-bond acceptors (Lipinski definition) is 4. The summed E-state index contributed by atoms with van der Waals surface area (Å²) in [5.41, 5.74) is 0.461. The highest BCUT2D eigenvalue weighted by Gasteiger charge is 2.38. The molecule has 0 aliphatic heterocycles. The number of carbonyl (C=O) groups is 3. The lowest BCUT2D eigenvalue weighted by atomic mass is 9.94. The van der Waals surface area contributed by atoms with E-state index in [9.17, 15) is 14.4 Å². The molecule has 0 aliphatic rings. The second-order valence-electron chi connectivity index (χ2n) is 10.9. The Morgan fingerprint density at radius 2 is 1.66 bits per heavy atom. The number of nitrogens with one attached hydrogen (secondary N) is 2. The largest absolute Gasteiger partial charge is 0.444 e. The first-order valence-corrected chi connectivity index (χ1v) is 14.1. The van der Waals surface area contributed by atoms with E-state index in [1.165, 1.54) is 0 Å². The predicted octanol–water partition coefficient (Wildman–Crippen LogP) is 5.97. The molecule has 1 aromatic rings. The van der Waals surface area contributed by atoms with Gasteiger partial charge < -0.3 is 20.3 Å². The molecule has 2 N–H and O–H groups in total. The Morgan fingerprint density at radius 1 is 1.03 bits per heavy atom. The van der Waals surface area contributed by atoms with Crippen LogP contribution >= 0.6 is 0 Å². The minimum absolute atomic E-state index is 0.181. The fourth-order valence-corrected chi connectivity index (χ4v) is 4.20. The van der Waals surface area contributed by atoms with Gasteiger partial charge >= 0.3 is 6.09 Å². The monoisotopic (exact) mass is 527 g/mol. The lowest BCUT2D eigenvalue weighted by Gasteiger charge is -2.36. The second kappa shape index (κ2) is 16.8. The van der Waals surface area contributed by atoms with E-state index in [1.807, 2.05) is 32.0 Å². The lowest BCUT2D eigenvalue weighted by Crippen LogP contribution is -2.55. The molecule has 1 aromatic carbocycles. The van der Waals surface area contributed by atoms with E-state index in [2.05, 4.69) is 30.4 Å². The van der Waals surface area contributed by atoms with E-state index in [0.717, 1.165) is 38.5 Å². The topological polar surface area (TPSA) is 87.7 Å². The maximum Gasteiger partial charge on any atom is 0.408 e. The molecular weight excluding hydrogens is 478 g/mol. The van der Waals surface area contributed by atoms with Crippen molar-refractivity contribution in [2.45, 2.75) is 111 Å². The summed E-state index contributed by atoms with van der Waals surface area (Å²) in [5.74, 6) is 1.91. The molecule has 0 spiro atoms. The summed E-state index contributed by atoms with van der Waals surface area (Å²) in [7, 11) is 0. The van der Waals surface area contributed by atoms with Crippen molar-refractivity contribution in [1.29, 1.82) is 0 Å². The molecule has 0 radical (unpaired) electrons. The minimum atomic E-state index is -0.916. The summed E-state index contributed by atoms with van der Waals surface area (Å²) < 4.78 is 5.47. The SMILES string of the molecule is C#Cc1ccccc1C(C(=O)NCCCCC)N(CCCCC)C(=O)C(NC(=O)OC(C)(C)C)C(C)CC. The van der Waals surface area contributed by atoms with Crippen molar-refractivity contribution < 1.29 is 19.1 Å². The van der Waals surface area contributed by atoms with Crippen LogP contribution in [-0.4, -0.2) is 47.5 Å². The summed E-state index contributed by atoms with van der Waals surface area (Å²) in [6.07, 6.45) is 11.3. The molecule has 38 heavy (non-hydrogen) atoms. The Hall–Kier alpha value is -3.01. The maximum atomic E-state index is 14.3. The highest BCUT2D eigenvalue weighted by molar-refractivity contribution is 5.92. The van der Waals surface area contributed by atoms with Gasteiger partial charge in [-0.1, -0.05) is 83.9 Å². The molecule has 0 saturated carbocycles. The molecule has 0 aromatic heterocycles. The molecule has 0 heterocycles. The average molecular weight is 528 g/mol. The van der Waals surface area contributed by atoms with Gasteiger partial charge in [-0.25, -0.2) is 4.79 Å². The van der Waals surface area contributed by atoms with Gasteiger partial charge in [0.05, 0.1) is 0 Å². The summed E-state index contributed by atoms with van der Waals surface area (Å²) in [5, 5.41) is 5.84. The third-order valence-electron chi connectivity index (χ3n) is 6.49. The fourth-order valence-electron chi connectivity index (χ4n) is 4.20. The average Bonchev–Trinajstić information content (AvgIpc) is 2.87.